The van der Waals surface area contributed by atoms with Gasteiger partial charge < -0.3 is 10.6 Å². The van der Waals surface area contributed by atoms with E-state index >= 15 is 0 Å². The third kappa shape index (κ3) is 5.01. The number of rotatable bonds is 5. The fourth-order valence-corrected chi connectivity index (χ4v) is 4.95. The molecule has 2 aromatic rings. The number of aromatic nitrogens is 1. The third-order valence-electron chi connectivity index (χ3n) is 4.62. The second-order valence-corrected chi connectivity index (χ2v) is 9.04. The van der Waals surface area contributed by atoms with E-state index in [1.165, 1.54) is 10.4 Å². The van der Waals surface area contributed by atoms with E-state index in [1.807, 2.05) is 0 Å². The van der Waals surface area contributed by atoms with E-state index in [2.05, 4.69) is 15.6 Å². The highest BCUT2D eigenvalue weighted by atomic mass is 35.5. The number of carbonyl (C=O) groups excluding carboxylic acids is 1. The lowest BCUT2D eigenvalue weighted by molar-refractivity contribution is 0.251. The average Bonchev–Trinajstić information content (AvgIpc) is 2.69. The molecule has 1 aromatic carbocycles. The van der Waals surface area contributed by atoms with Gasteiger partial charge in [0.05, 0.1) is 4.90 Å². The van der Waals surface area contributed by atoms with E-state index in [4.69, 9.17) is 11.6 Å². The van der Waals surface area contributed by atoms with Crippen LogP contribution in [0.2, 0.25) is 5.15 Å². The van der Waals surface area contributed by atoms with Gasteiger partial charge in [-0.3, -0.25) is 0 Å². The summed E-state index contributed by atoms with van der Waals surface area (Å²) in [7, 11) is -3.57. The number of hydrogen-bond acceptors (Lipinski definition) is 4. The number of pyridine rings is 1. The van der Waals surface area contributed by atoms with Crippen LogP contribution in [0.4, 0.5) is 10.5 Å². The highest BCUT2D eigenvalue weighted by Crippen LogP contribution is 2.26. The quantitative estimate of drug-likeness (QED) is 0.721. The Balaban J connectivity index is 1.68. The highest BCUT2D eigenvalue weighted by Gasteiger charge is 2.27. The molecule has 0 radical (unpaired) electrons. The molecular weight excluding hydrogens is 400 g/mol. The Morgan fingerprint density at radius 1 is 1.18 bits per heavy atom. The molecule has 150 valence electrons. The van der Waals surface area contributed by atoms with Crippen LogP contribution < -0.4 is 10.6 Å². The van der Waals surface area contributed by atoms with Crippen LogP contribution in [0.25, 0.3) is 0 Å². The van der Waals surface area contributed by atoms with Crippen LogP contribution in [-0.4, -0.2) is 36.8 Å². The molecule has 3 rings (SSSR count). The second-order valence-electron chi connectivity index (χ2n) is 6.74. The third-order valence-corrected chi connectivity index (χ3v) is 6.88. The molecule has 7 nitrogen and oxygen atoms in total. The second kappa shape index (κ2) is 8.89. The van der Waals surface area contributed by atoms with Crippen LogP contribution in [0, 0.1) is 6.92 Å². The number of amides is 2. The van der Waals surface area contributed by atoms with Gasteiger partial charge in [-0.05, 0) is 49.1 Å². The first kappa shape index (κ1) is 20.6. The zero-order chi connectivity index (χ0) is 20.1. The molecule has 0 aliphatic carbocycles. The average molecular weight is 423 g/mol. The van der Waals surface area contributed by atoms with E-state index in [0.717, 1.165) is 24.8 Å². The van der Waals surface area contributed by atoms with Crippen molar-refractivity contribution in [1.29, 1.82) is 0 Å². The summed E-state index contributed by atoms with van der Waals surface area (Å²) in [6.45, 7) is 3.11. The monoisotopic (exact) mass is 422 g/mol. The summed E-state index contributed by atoms with van der Waals surface area (Å²) in [6, 6.07) is 7.89. The van der Waals surface area contributed by atoms with E-state index in [0.29, 0.717) is 29.5 Å². The fourth-order valence-electron chi connectivity index (χ4n) is 3.07. The van der Waals surface area contributed by atoms with Crippen LogP contribution in [0.3, 0.4) is 0 Å². The van der Waals surface area contributed by atoms with E-state index in [1.54, 1.807) is 37.4 Å². The molecule has 9 heteroatoms. The van der Waals surface area contributed by atoms with Crippen LogP contribution >= 0.6 is 11.6 Å². The zero-order valence-electron chi connectivity index (χ0n) is 15.6. The number of nitrogens with one attached hydrogen (secondary N) is 2. The summed E-state index contributed by atoms with van der Waals surface area (Å²) in [5.74, 6) is 0. The molecule has 1 aromatic heterocycles. The van der Waals surface area contributed by atoms with Crippen LogP contribution in [0.1, 0.15) is 30.4 Å². The smallest absolute Gasteiger partial charge is 0.319 e. The van der Waals surface area contributed by atoms with Crippen molar-refractivity contribution in [2.75, 3.05) is 18.4 Å². The Labute approximate surface area is 170 Å². The van der Waals surface area contributed by atoms with Crippen LogP contribution in [0.5, 0.6) is 0 Å². The predicted octanol–water partition coefficient (Wildman–Crippen LogP) is 3.54. The molecule has 0 bridgehead atoms. The molecule has 1 fully saturated rings. The summed E-state index contributed by atoms with van der Waals surface area (Å²) in [5.41, 5.74) is 1.88. The lowest BCUT2D eigenvalue weighted by Gasteiger charge is -2.26. The maximum atomic E-state index is 13.0. The van der Waals surface area contributed by atoms with Crippen molar-refractivity contribution in [3.05, 3.63) is 52.8 Å². The van der Waals surface area contributed by atoms with E-state index in [-0.39, 0.29) is 11.4 Å². The van der Waals surface area contributed by atoms with Crippen molar-refractivity contribution in [3.63, 3.8) is 0 Å². The predicted molar refractivity (Wildman–Crippen MR) is 109 cm³/mol. The largest absolute Gasteiger partial charge is 0.334 e. The van der Waals surface area contributed by atoms with Gasteiger partial charge in [-0.1, -0.05) is 30.2 Å². The van der Waals surface area contributed by atoms with Gasteiger partial charge in [0.15, 0.2) is 0 Å². The van der Waals surface area contributed by atoms with Crippen molar-refractivity contribution in [3.8, 4) is 0 Å². The maximum absolute atomic E-state index is 13.0. The van der Waals surface area contributed by atoms with Gasteiger partial charge in [0, 0.05) is 31.5 Å². The number of carbonyl (C=O) groups is 1. The molecule has 0 atom stereocenters. The fraction of sp³-hybridized carbons (Fsp3) is 0.368. The van der Waals surface area contributed by atoms with Gasteiger partial charge in [0.2, 0.25) is 10.0 Å². The summed E-state index contributed by atoms with van der Waals surface area (Å²) in [4.78, 5) is 16.4. The molecule has 1 saturated heterocycles. The van der Waals surface area contributed by atoms with Gasteiger partial charge in [-0.15, -0.1) is 0 Å². The highest BCUT2D eigenvalue weighted by molar-refractivity contribution is 7.89. The summed E-state index contributed by atoms with van der Waals surface area (Å²) in [5, 5.41) is 5.78. The minimum atomic E-state index is -3.57. The van der Waals surface area contributed by atoms with Gasteiger partial charge >= 0.3 is 6.03 Å². The lowest BCUT2D eigenvalue weighted by atomic mass is 10.2. The Morgan fingerprint density at radius 3 is 2.61 bits per heavy atom. The molecule has 1 aliphatic heterocycles. The number of piperidine rings is 1. The number of urea groups is 1. The zero-order valence-corrected chi connectivity index (χ0v) is 17.2. The number of halogens is 1. The normalized spacial score (nSPS) is 15.2. The first-order valence-corrected chi connectivity index (χ1v) is 10.9. The summed E-state index contributed by atoms with van der Waals surface area (Å²) < 4.78 is 27.5. The Morgan fingerprint density at radius 2 is 1.93 bits per heavy atom. The summed E-state index contributed by atoms with van der Waals surface area (Å²) in [6.07, 6.45) is 4.38. The number of benzene rings is 1. The van der Waals surface area contributed by atoms with Crippen molar-refractivity contribution < 1.29 is 13.2 Å². The molecule has 2 amide bonds. The van der Waals surface area contributed by atoms with E-state index < -0.39 is 16.1 Å². The molecule has 1 aliphatic rings. The molecule has 2 N–H and O–H groups in total. The molecular formula is C19H23ClN4O3S. The topological polar surface area (TPSA) is 91.4 Å². The first-order chi connectivity index (χ1) is 13.4. The van der Waals surface area contributed by atoms with Crippen molar-refractivity contribution in [1.82, 2.24) is 14.6 Å². The van der Waals surface area contributed by atoms with Crippen molar-refractivity contribution >= 4 is 33.3 Å². The van der Waals surface area contributed by atoms with Gasteiger partial charge in [0.25, 0.3) is 0 Å². The van der Waals surface area contributed by atoms with Gasteiger partial charge in [-0.25, -0.2) is 18.2 Å². The van der Waals surface area contributed by atoms with Crippen molar-refractivity contribution in [2.45, 2.75) is 37.6 Å². The number of aryl methyl sites for hydroxylation is 1. The molecule has 28 heavy (non-hydrogen) atoms. The van der Waals surface area contributed by atoms with Crippen LogP contribution in [-0.2, 0) is 16.6 Å². The minimum Gasteiger partial charge on any atom is -0.334 e. The van der Waals surface area contributed by atoms with E-state index in [9.17, 15) is 13.2 Å². The maximum Gasteiger partial charge on any atom is 0.319 e. The lowest BCUT2D eigenvalue weighted by Crippen LogP contribution is -2.36. The number of hydrogen-bond donors (Lipinski definition) is 2. The molecule has 0 saturated carbocycles. The number of sulfonamides is 1. The molecule has 2 heterocycles. The number of anilines is 1. The standard InChI is InChI=1S/C19H23ClN4O3S/c1-14-5-7-16(11-17(14)28(26,27)24-9-3-2-4-10-24)23-19(25)22-13-15-6-8-18(20)21-12-15/h5-8,11-12H,2-4,9-10,13H2,1H3,(H2,22,23,25). The SMILES string of the molecule is Cc1ccc(NC(=O)NCc2ccc(Cl)nc2)cc1S(=O)(=O)N1CCCCC1. The van der Waals surface area contributed by atoms with Crippen molar-refractivity contribution in [2.24, 2.45) is 0 Å². The van der Waals surface area contributed by atoms with Crippen LogP contribution in [0.15, 0.2) is 41.4 Å². The molecule has 0 spiro atoms. The Kier molecular flexibility index (Phi) is 6.53. The Bertz CT molecular complexity index is 942. The minimum absolute atomic E-state index is 0.231. The van der Waals surface area contributed by atoms with Gasteiger partial charge in [-0.2, -0.15) is 4.31 Å². The first-order valence-electron chi connectivity index (χ1n) is 9.12. The van der Waals surface area contributed by atoms with Gasteiger partial charge in [0.1, 0.15) is 5.15 Å². The summed E-state index contributed by atoms with van der Waals surface area (Å²) >= 11 is 5.74. The number of nitrogens with zero attached hydrogens (tertiary/aromatic N) is 2. The Hall–Kier alpha value is -2.16. The molecule has 0 unspecified atom stereocenters.